The van der Waals surface area contributed by atoms with Gasteiger partial charge in [0.05, 0.1) is 28.8 Å². The standard InChI is InChI=1S/C12H17NO5S2/c1-13-11-7-19(14,15)8-12(11)20(16,17)10-5-3-9(18-2)4-6-10/h3-6,11-13H,7-8H2,1-2H3/t11-,12-/m1/s1. The molecule has 2 rings (SSSR count). The monoisotopic (exact) mass is 319 g/mol. The number of benzene rings is 1. The smallest absolute Gasteiger partial charge is 0.183 e. The quantitative estimate of drug-likeness (QED) is 0.830. The van der Waals surface area contributed by atoms with Gasteiger partial charge in [0.1, 0.15) is 5.75 Å². The lowest BCUT2D eigenvalue weighted by atomic mass is 10.3. The Bertz CT molecular complexity index is 679. The van der Waals surface area contributed by atoms with Crippen molar-refractivity contribution in [1.82, 2.24) is 5.32 Å². The van der Waals surface area contributed by atoms with Crippen LogP contribution in [0.2, 0.25) is 0 Å². The Morgan fingerprint density at radius 2 is 1.80 bits per heavy atom. The zero-order chi connectivity index (χ0) is 15.0. The van der Waals surface area contributed by atoms with Crippen molar-refractivity contribution in [3.63, 3.8) is 0 Å². The maximum atomic E-state index is 12.5. The molecule has 0 spiro atoms. The van der Waals surface area contributed by atoms with Crippen molar-refractivity contribution < 1.29 is 21.6 Å². The molecule has 0 amide bonds. The van der Waals surface area contributed by atoms with E-state index in [0.717, 1.165) is 0 Å². The molecule has 2 atom stereocenters. The summed E-state index contributed by atoms with van der Waals surface area (Å²) in [5, 5.41) is 1.83. The molecular weight excluding hydrogens is 302 g/mol. The first kappa shape index (κ1) is 15.3. The molecule has 112 valence electrons. The van der Waals surface area contributed by atoms with E-state index >= 15 is 0 Å². The first-order chi connectivity index (χ1) is 9.30. The first-order valence-corrected chi connectivity index (χ1v) is 9.42. The number of sulfone groups is 2. The number of hydrogen-bond donors (Lipinski definition) is 1. The fraction of sp³-hybridized carbons (Fsp3) is 0.500. The van der Waals surface area contributed by atoms with Crippen molar-refractivity contribution in [2.45, 2.75) is 16.2 Å². The average molecular weight is 319 g/mol. The maximum absolute atomic E-state index is 12.5. The van der Waals surface area contributed by atoms with Crippen LogP contribution in [-0.4, -0.2) is 53.8 Å². The minimum atomic E-state index is -3.69. The van der Waals surface area contributed by atoms with Gasteiger partial charge in [-0.15, -0.1) is 0 Å². The highest BCUT2D eigenvalue weighted by molar-refractivity contribution is 7.96. The highest BCUT2D eigenvalue weighted by Crippen LogP contribution is 2.26. The lowest BCUT2D eigenvalue weighted by Gasteiger charge is -2.17. The molecule has 0 saturated carbocycles. The molecule has 1 N–H and O–H groups in total. The van der Waals surface area contributed by atoms with E-state index in [9.17, 15) is 16.8 Å². The van der Waals surface area contributed by atoms with Gasteiger partial charge in [0.25, 0.3) is 0 Å². The third kappa shape index (κ3) is 2.82. The fourth-order valence-electron chi connectivity index (χ4n) is 2.33. The van der Waals surface area contributed by atoms with Crippen molar-refractivity contribution in [3.8, 4) is 5.75 Å². The molecule has 6 nitrogen and oxygen atoms in total. The van der Waals surface area contributed by atoms with E-state index in [1.807, 2.05) is 0 Å². The number of nitrogens with one attached hydrogen (secondary N) is 1. The summed E-state index contributed by atoms with van der Waals surface area (Å²) >= 11 is 0. The Hall–Kier alpha value is -1.12. The number of hydrogen-bond acceptors (Lipinski definition) is 6. The van der Waals surface area contributed by atoms with Crippen molar-refractivity contribution in [2.75, 3.05) is 25.7 Å². The Labute approximate surface area is 119 Å². The first-order valence-electron chi connectivity index (χ1n) is 6.06. The largest absolute Gasteiger partial charge is 0.497 e. The zero-order valence-electron chi connectivity index (χ0n) is 11.2. The lowest BCUT2D eigenvalue weighted by molar-refractivity contribution is 0.414. The average Bonchev–Trinajstić information content (AvgIpc) is 2.75. The third-order valence-electron chi connectivity index (χ3n) is 3.46. The Kier molecular flexibility index (Phi) is 4.08. The van der Waals surface area contributed by atoms with Gasteiger partial charge < -0.3 is 10.1 Å². The van der Waals surface area contributed by atoms with Crippen LogP contribution in [0.4, 0.5) is 0 Å². The van der Waals surface area contributed by atoms with Gasteiger partial charge in [0, 0.05) is 6.04 Å². The molecule has 0 radical (unpaired) electrons. The van der Waals surface area contributed by atoms with E-state index < -0.39 is 31.0 Å². The molecule has 1 fully saturated rings. The summed E-state index contributed by atoms with van der Waals surface area (Å²) in [7, 11) is -3.96. The van der Waals surface area contributed by atoms with Gasteiger partial charge in [0.2, 0.25) is 0 Å². The second-order valence-electron chi connectivity index (χ2n) is 4.73. The third-order valence-corrected chi connectivity index (χ3v) is 7.62. The molecule has 20 heavy (non-hydrogen) atoms. The second-order valence-corrected chi connectivity index (χ2v) is 9.05. The summed E-state index contributed by atoms with van der Waals surface area (Å²) in [5.41, 5.74) is 0. The van der Waals surface area contributed by atoms with E-state index in [2.05, 4.69) is 5.32 Å². The van der Waals surface area contributed by atoms with E-state index in [1.165, 1.54) is 19.2 Å². The van der Waals surface area contributed by atoms with Gasteiger partial charge in [-0.1, -0.05) is 0 Å². The van der Waals surface area contributed by atoms with Gasteiger partial charge in [-0.3, -0.25) is 0 Å². The second kappa shape index (κ2) is 5.34. The van der Waals surface area contributed by atoms with Crippen LogP contribution in [0.25, 0.3) is 0 Å². The van der Waals surface area contributed by atoms with Crippen LogP contribution >= 0.6 is 0 Å². The molecule has 0 bridgehead atoms. The highest BCUT2D eigenvalue weighted by Gasteiger charge is 2.45. The summed E-state index contributed by atoms with van der Waals surface area (Å²) in [6, 6.07) is 5.39. The molecule has 1 aromatic carbocycles. The van der Waals surface area contributed by atoms with E-state index in [-0.39, 0.29) is 16.4 Å². The molecule has 0 aliphatic carbocycles. The van der Waals surface area contributed by atoms with Crippen LogP contribution in [-0.2, 0) is 19.7 Å². The number of methoxy groups -OCH3 is 1. The predicted octanol–water partition coefficient (Wildman–Crippen LogP) is -0.146. The predicted molar refractivity (Wildman–Crippen MR) is 75.5 cm³/mol. The lowest BCUT2D eigenvalue weighted by Crippen LogP contribution is -2.41. The molecule has 0 unspecified atom stereocenters. The SMILES string of the molecule is CN[C@@H]1CS(=O)(=O)C[C@H]1S(=O)(=O)c1ccc(OC)cc1. The van der Waals surface area contributed by atoms with Gasteiger partial charge in [0.15, 0.2) is 19.7 Å². The molecule has 0 aromatic heterocycles. The van der Waals surface area contributed by atoms with Crippen molar-refractivity contribution in [1.29, 1.82) is 0 Å². The number of ether oxygens (including phenoxy) is 1. The van der Waals surface area contributed by atoms with Gasteiger partial charge in [-0.25, -0.2) is 16.8 Å². The Morgan fingerprint density at radius 1 is 1.20 bits per heavy atom. The van der Waals surface area contributed by atoms with Crippen LogP contribution < -0.4 is 10.1 Å². The fourth-order valence-corrected chi connectivity index (χ4v) is 7.14. The van der Waals surface area contributed by atoms with Crippen molar-refractivity contribution >= 4 is 19.7 Å². The van der Waals surface area contributed by atoms with Crippen LogP contribution in [0, 0.1) is 0 Å². The summed E-state index contributed by atoms with van der Waals surface area (Å²) in [4.78, 5) is 0.112. The molecular formula is C12H17NO5S2. The minimum absolute atomic E-state index is 0.112. The molecule has 8 heteroatoms. The molecule has 1 aliphatic heterocycles. The summed E-state index contributed by atoms with van der Waals surface area (Å²) in [6.45, 7) is 0. The Balaban J connectivity index is 2.38. The van der Waals surface area contributed by atoms with Crippen molar-refractivity contribution in [3.05, 3.63) is 24.3 Å². The molecule has 1 saturated heterocycles. The summed E-state index contributed by atoms with van der Waals surface area (Å²) < 4.78 is 53.4. The summed E-state index contributed by atoms with van der Waals surface area (Å²) in [5.74, 6) is 0.0596. The normalized spacial score (nSPS) is 25.5. The molecule has 1 heterocycles. The van der Waals surface area contributed by atoms with E-state index in [0.29, 0.717) is 5.75 Å². The molecule has 1 aliphatic rings. The van der Waals surface area contributed by atoms with Crippen LogP contribution in [0.5, 0.6) is 5.75 Å². The highest BCUT2D eigenvalue weighted by atomic mass is 32.2. The van der Waals surface area contributed by atoms with Gasteiger partial charge >= 0.3 is 0 Å². The van der Waals surface area contributed by atoms with Crippen LogP contribution in [0.15, 0.2) is 29.2 Å². The maximum Gasteiger partial charge on any atom is 0.183 e. The van der Waals surface area contributed by atoms with Crippen molar-refractivity contribution in [2.24, 2.45) is 0 Å². The summed E-state index contributed by atoms with van der Waals surface area (Å²) in [6.07, 6.45) is 0. The van der Waals surface area contributed by atoms with E-state index in [1.54, 1.807) is 19.2 Å². The van der Waals surface area contributed by atoms with Crippen LogP contribution in [0.3, 0.4) is 0 Å². The number of rotatable bonds is 4. The topological polar surface area (TPSA) is 89.5 Å². The van der Waals surface area contributed by atoms with Crippen LogP contribution in [0.1, 0.15) is 0 Å². The Morgan fingerprint density at radius 3 is 2.30 bits per heavy atom. The zero-order valence-corrected chi connectivity index (χ0v) is 12.9. The minimum Gasteiger partial charge on any atom is -0.497 e. The van der Waals surface area contributed by atoms with E-state index in [4.69, 9.17) is 4.74 Å². The van der Waals surface area contributed by atoms with Gasteiger partial charge in [-0.05, 0) is 31.3 Å². The molecule has 1 aromatic rings. The van der Waals surface area contributed by atoms with Gasteiger partial charge in [-0.2, -0.15) is 0 Å².